The van der Waals surface area contributed by atoms with Crippen LogP contribution in [0.1, 0.15) is 19.0 Å². The van der Waals surface area contributed by atoms with Gasteiger partial charge in [-0.3, -0.25) is 5.32 Å². The van der Waals surface area contributed by atoms with E-state index in [0.717, 1.165) is 40.7 Å². The van der Waals surface area contributed by atoms with Crippen LogP contribution in [0.4, 0.5) is 45.5 Å². The van der Waals surface area contributed by atoms with Gasteiger partial charge in [0.2, 0.25) is 17.8 Å². The number of nitrogens with one attached hydrogen (secondary N) is 4. The fraction of sp³-hybridized carbons (Fsp3) is 0.200. The quantitative estimate of drug-likeness (QED) is 0.134. The lowest BCUT2D eigenvalue weighted by molar-refractivity contribution is 0.161. The van der Waals surface area contributed by atoms with Gasteiger partial charge in [-0.15, -0.1) is 5.10 Å². The van der Waals surface area contributed by atoms with E-state index in [9.17, 15) is 4.79 Å². The van der Waals surface area contributed by atoms with Crippen LogP contribution in [0, 0.1) is 6.92 Å². The van der Waals surface area contributed by atoms with Crippen molar-refractivity contribution in [3.8, 4) is 17.2 Å². The highest BCUT2D eigenvalue weighted by Gasteiger charge is 2.14. The van der Waals surface area contributed by atoms with Gasteiger partial charge in [-0.25, -0.2) is 9.48 Å². The van der Waals surface area contributed by atoms with Crippen molar-refractivity contribution in [3.05, 3.63) is 78.5 Å². The minimum Gasteiger partial charge on any atom is -0.497 e. The highest BCUT2D eigenvalue weighted by atomic mass is 16.5. The lowest BCUT2D eigenvalue weighted by Gasteiger charge is -2.12. The third kappa shape index (κ3) is 7.47. The SMILES string of the molecule is CCCOC(=O)Nc1nnn(-c2ccc(Nc3nc(Nc4ccc(OC)cc4)nc(Nc4ccc(OC)cc4)n3)cc2)c1C. The number of carbonyl (C=O) groups excluding carboxylic acids is 1. The number of aromatic nitrogens is 6. The highest BCUT2D eigenvalue weighted by Crippen LogP contribution is 2.24. The molecular formula is C30H32N10O4. The molecule has 226 valence electrons. The molecule has 4 N–H and O–H groups in total. The number of nitrogens with zero attached hydrogens (tertiary/aromatic N) is 6. The summed E-state index contributed by atoms with van der Waals surface area (Å²) in [6, 6.07) is 22.3. The molecule has 5 rings (SSSR count). The molecule has 0 atom stereocenters. The summed E-state index contributed by atoms with van der Waals surface area (Å²) in [5.74, 6) is 2.77. The van der Waals surface area contributed by atoms with Crippen LogP contribution in [0.2, 0.25) is 0 Å². The van der Waals surface area contributed by atoms with E-state index in [1.54, 1.807) is 25.8 Å². The van der Waals surface area contributed by atoms with Crippen molar-refractivity contribution in [2.45, 2.75) is 20.3 Å². The Hall–Kier alpha value is -5.92. The van der Waals surface area contributed by atoms with E-state index in [0.29, 0.717) is 36.0 Å². The third-order valence-corrected chi connectivity index (χ3v) is 6.25. The second kappa shape index (κ2) is 13.8. The Bertz CT molecular complexity index is 1620. The summed E-state index contributed by atoms with van der Waals surface area (Å²) < 4.78 is 17.2. The van der Waals surface area contributed by atoms with Crippen molar-refractivity contribution >= 4 is 46.8 Å². The predicted molar refractivity (Wildman–Crippen MR) is 167 cm³/mol. The van der Waals surface area contributed by atoms with Crippen LogP contribution in [-0.2, 0) is 4.74 Å². The van der Waals surface area contributed by atoms with Crippen molar-refractivity contribution < 1.29 is 19.0 Å². The topological polar surface area (TPSA) is 162 Å². The van der Waals surface area contributed by atoms with E-state index in [-0.39, 0.29) is 0 Å². The van der Waals surface area contributed by atoms with Crippen molar-refractivity contribution in [1.82, 2.24) is 29.9 Å². The first-order valence-electron chi connectivity index (χ1n) is 13.8. The average Bonchev–Trinajstić information content (AvgIpc) is 3.40. The Morgan fingerprint density at radius 3 is 1.61 bits per heavy atom. The van der Waals surface area contributed by atoms with Gasteiger partial charge in [0.1, 0.15) is 11.5 Å². The molecule has 0 saturated carbocycles. The van der Waals surface area contributed by atoms with E-state index in [4.69, 9.17) is 14.2 Å². The van der Waals surface area contributed by atoms with Crippen LogP contribution in [0.25, 0.3) is 5.69 Å². The number of hydrogen-bond donors (Lipinski definition) is 4. The van der Waals surface area contributed by atoms with E-state index in [2.05, 4.69) is 46.5 Å². The fourth-order valence-electron chi connectivity index (χ4n) is 3.98. The molecule has 0 aliphatic heterocycles. The normalized spacial score (nSPS) is 10.5. The summed E-state index contributed by atoms with van der Waals surface area (Å²) in [4.78, 5) is 25.6. The number of methoxy groups -OCH3 is 2. The molecule has 2 heterocycles. The number of carbonyl (C=O) groups is 1. The first-order valence-corrected chi connectivity index (χ1v) is 13.8. The second-order valence-electron chi connectivity index (χ2n) is 9.38. The lowest BCUT2D eigenvalue weighted by Crippen LogP contribution is -2.15. The molecule has 3 aromatic carbocycles. The van der Waals surface area contributed by atoms with Gasteiger partial charge in [-0.05, 0) is 86.1 Å². The predicted octanol–water partition coefficient (Wildman–Crippen LogP) is 5.97. The van der Waals surface area contributed by atoms with Crippen LogP contribution in [0.5, 0.6) is 11.5 Å². The van der Waals surface area contributed by atoms with E-state index in [1.807, 2.05) is 79.7 Å². The average molecular weight is 597 g/mol. The molecule has 2 aromatic heterocycles. The molecule has 44 heavy (non-hydrogen) atoms. The molecule has 0 spiro atoms. The maximum atomic E-state index is 11.9. The number of ether oxygens (including phenoxy) is 3. The highest BCUT2D eigenvalue weighted by molar-refractivity contribution is 5.83. The molecule has 5 aromatic rings. The fourth-order valence-corrected chi connectivity index (χ4v) is 3.98. The number of rotatable bonds is 12. The Labute approximate surface area is 253 Å². The maximum absolute atomic E-state index is 11.9. The van der Waals surface area contributed by atoms with Gasteiger partial charge in [-0.2, -0.15) is 15.0 Å². The molecule has 0 fully saturated rings. The monoisotopic (exact) mass is 596 g/mol. The molecular weight excluding hydrogens is 564 g/mol. The molecule has 1 amide bonds. The van der Waals surface area contributed by atoms with Crippen LogP contribution in [0.3, 0.4) is 0 Å². The number of amides is 1. The Morgan fingerprint density at radius 2 is 1.18 bits per heavy atom. The van der Waals surface area contributed by atoms with Crippen LogP contribution < -0.4 is 30.7 Å². The summed E-state index contributed by atoms with van der Waals surface area (Å²) >= 11 is 0. The minimum atomic E-state index is -0.569. The lowest BCUT2D eigenvalue weighted by atomic mass is 10.2. The van der Waals surface area contributed by atoms with Crippen molar-refractivity contribution in [2.24, 2.45) is 0 Å². The molecule has 0 aliphatic rings. The molecule has 14 heteroatoms. The van der Waals surface area contributed by atoms with Crippen molar-refractivity contribution in [1.29, 1.82) is 0 Å². The van der Waals surface area contributed by atoms with Gasteiger partial charge in [0.05, 0.1) is 32.2 Å². The van der Waals surface area contributed by atoms with Gasteiger partial charge in [0, 0.05) is 17.1 Å². The third-order valence-electron chi connectivity index (χ3n) is 6.25. The molecule has 0 bridgehead atoms. The van der Waals surface area contributed by atoms with E-state index >= 15 is 0 Å². The van der Waals surface area contributed by atoms with Gasteiger partial charge in [0.25, 0.3) is 0 Å². The summed E-state index contributed by atoms with van der Waals surface area (Å²) in [7, 11) is 3.23. The van der Waals surface area contributed by atoms with Gasteiger partial charge in [-0.1, -0.05) is 12.1 Å². The zero-order valence-corrected chi connectivity index (χ0v) is 24.7. The van der Waals surface area contributed by atoms with Gasteiger partial charge in [0.15, 0.2) is 5.82 Å². The van der Waals surface area contributed by atoms with E-state index < -0.39 is 6.09 Å². The van der Waals surface area contributed by atoms with Crippen molar-refractivity contribution in [3.63, 3.8) is 0 Å². The van der Waals surface area contributed by atoms with Gasteiger partial charge < -0.3 is 30.2 Å². The maximum Gasteiger partial charge on any atom is 0.412 e. The summed E-state index contributed by atoms with van der Waals surface area (Å²) in [6.45, 7) is 4.05. The summed E-state index contributed by atoms with van der Waals surface area (Å²) in [5, 5.41) is 20.5. The van der Waals surface area contributed by atoms with Crippen molar-refractivity contribution in [2.75, 3.05) is 42.1 Å². The number of anilines is 7. The smallest absolute Gasteiger partial charge is 0.412 e. The van der Waals surface area contributed by atoms with E-state index in [1.165, 1.54) is 0 Å². The number of hydrogen-bond acceptors (Lipinski definition) is 12. The van der Waals surface area contributed by atoms with Crippen LogP contribution in [0.15, 0.2) is 72.8 Å². The molecule has 0 unspecified atom stereocenters. The summed E-state index contributed by atoms with van der Waals surface area (Å²) in [5.41, 5.74) is 3.68. The minimum absolute atomic E-state index is 0.314. The largest absolute Gasteiger partial charge is 0.497 e. The molecule has 0 radical (unpaired) electrons. The first-order chi connectivity index (χ1) is 21.4. The standard InChI is InChI=1S/C30H32N10O4/c1-5-18-44-30(41)34-26-19(2)40(39-38-26)23-12-6-20(7-13-23)31-27-35-28(32-21-8-14-24(42-3)15-9-21)37-29(36-27)33-22-10-16-25(43-4)17-11-22/h6-17H,5,18H2,1-4H3,(H,34,41)(H3,31,32,33,35,36,37). The Morgan fingerprint density at radius 1 is 0.727 bits per heavy atom. The van der Waals surface area contributed by atoms with Crippen LogP contribution >= 0.6 is 0 Å². The number of benzene rings is 3. The molecule has 0 saturated heterocycles. The Kier molecular flexibility index (Phi) is 9.29. The Balaban J connectivity index is 1.35. The zero-order valence-electron chi connectivity index (χ0n) is 24.7. The van der Waals surface area contributed by atoms with Gasteiger partial charge >= 0.3 is 6.09 Å². The molecule has 0 aliphatic carbocycles. The first kappa shape index (κ1) is 29.6. The second-order valence-corrected chi connectivity index (χ2v) is 9.38. The van der Waals surface area contributed by atoms with Crippen LogP contribution in [-0.4, -0.2) is 56.9 Å². The molecule has 14 nitrogen and oxygen atoms in total. The summed E-state index contributed by atoms with van der Waals surface area (Å²) in [6.07, 6.45) is 0.158. The zero-order chi connectivity index (χ0) is 30.9.